The summed E-state index contributed by atoms with van der Waals surface area (Å²) in [4.78, 5) is 50.8. The quantitative estimate of drug-likeness (QED) is 0.563. The van der Waals surface area contributed by atoms with Crippen LogP contribution >= 0.6 is 0 Å². The molecule has 2 saturated heterocycles. The van der Waals surface area contributed by atoms with Gasteiger partial charge in [0.1, 0.15) is 11.4 Å². The van der Waals surface area contributed by atoms with Crippen LogP contribution in [-0.2, 0) is 14.4 Å². The molecule has 2 amide bonds. The Hall–Kier alpha value is -3.98. The normalized spacial score (nSPS) is 18.0. The van der Waals surface area contributed by atoms with E-state index in [0.29, 0.717) is 31.7 Å². The van der Waals surface area contributed by atoms with Crippen LogP contribution in [0.1, 0.15) is 15.9 Å². The fourth-order valence-electron chi connectivity index (χ4n) is 3.62. The van der Waals surface area contributed by atoms with Crippen molar-refractivity contribution in [1.29, 1.82) is 0 Å². The number of hydrazine groups is 1. The Labute approximate surface area is 191 Å². The number of nitrogens with one attached hydrogen (secondary N) is 1. The fourth-order valence-corrected chi connectivity index (χ4v) is 3.62. The second-order valence-electron chi connectivity index (χ2n) is 7.85. The van der Waals surface area contributed by atoms with Crippen LogP contribution in [0.15, 0.2) is 71.4 Å². The minimum Gasteiger partial charge on any atom is -0.368 e. The van der Waals surface area contributed by atoms with Crippen molar-refractivity contribution in [2.75, 3.05) is 38.1 Å². The Balaban J connectivity index is 1.55. The van der Waals surface area contributed by atoms with Gasteiger partial charge in [-0.05, 0) is 31.2 Å². The molecule has 170 valence electrons. The van der Waals surface area contributed by atoms with E-state index in [4.69, 9.17) is 4.84 Å². The second kappa shape index (κ2) is 9.66. The Bertz CT molecular complexity index is 1100. The standard InChI is InChI=1S/C24H25N5O4/c1-17-8-10-19(11-9-17)28-12-14-29(15-13-28)23(31)20(16-21-24(32)33-26-27(21)2)25-22(30)18-6-4-3-5-7-18/h3-11,16,26H,12-15H2,1-2H3/b21-16+,25-20?. The maximum Gasteiger partial charge on any atom is 0.376 e. The van der Waals surface area contributed by atoms with Gasteiger partial charge in [-0.25, -0.2) is 9.79 Å². The number of nitrogens with zero attached hydrogens (tertiary/aromatic N) is 4. The molecule has 1 N–H and O–H groups in total. The van der Waals surface area contributed by atoms with E-state index in [0.717, 1.165) is 5.69 Å². The van der Waals surface area contributed by atoms with Gasteiger partial charge in [-0.1, -0.05) is 41.5 Å². The SMILES string of the molecule is Cc1ccc(N2CCN(C(=O)C(/C=C3\C(=O)ONN3C)=NC(=O)c3ccccc3)CC2)cc1. The molecule has 9 nitrogen and oxygen atoms in total. The maximum absolute atomic E-state index is 13.3. The molecule has 0 radical (unpaired) electrons. The molecule has 2 aromatic carbocycles. The third-order valence-corrected chi connectivity index (χ3v) is 5.55. The van der Waals surface area contributed by atoms with Gasteiger partial charge in [0.25, 0.3) is 11.8 Å². The summed E-state index contributed by atoms with van der Waals surface area (Å²) in [5, 5.41) is 1.33. The van der Waals surface area contributed by atoms with Crippen LogP contribution in [0.3, 0.4) is 0 Å². The molecular formula is C24H25N5O4. The van der Waals surface area contributed by atoms with Crippen LogP contribution in [0.25, 0.3) is 0 Å². The number of carbonyl (C=O) groups excluding carboxylic acids is 3. The van der Waals surface area contributed by atoms with E-state index in [1.807, 2.05) is 6.92 Å². The number of hydrogen-bond acceptors (Lipinski definition) is 7. The first-order valence-corrected chi connectivity index (χ1v) is 10.6. The summed E-state index contributed by atoms with van der Waals surface area (Å²) in [6, 6.07) is 16.7. The Kier molecular flexibility index (Phi) is 6.50. The molecule has 0 spiro atoms. The zero-order valence-electron chi connectivity index (χ0n) is 18.5. The molecule has 4 rings (SSSR count). The monoisotopic (exact) mass is 447 g/mol. The summed E-state index contributed by atoms with van der Waals surface area (Å²) in [7, 11) is 1.57. The first-order chi connectivity index (χ1) is 15.9. The van der Waals surface area contributed by atoms with Gasteiger partial charge in [0, 0.05) is 50.6 Å². The molecule has 0 aliphatic carbocycles. The van der Waals surface area contributed by atoms with E-state index in [1.165, 1.54) is 16.6 Å². The number of piperazine rings is 1. The lowest BCUT2D eigenvalue weighted by Gasteiger charge is -2.36. The molecule has 0 saturated carbocycles. The summed E-state index contributed by atoms with van der Waals surface area (Å²) < 4.78 is 0. The van der Waals surface area contributed by atoms with E-state index >= 15 is 0 Å². The molecule has 2 aromatic rings. The Morgan fingerprint density at radius 1 is 1.00 bits per heavy atom. The number of carbonyl (C=O) groups is 3. The van der Waals surface area contributed by atoms with Crippen molar-refractivity contribution in [3.05, 3.63) is 77.5 Å². The topological polar surface area (TPSA) is 94.6 Å². The first-order valence-electron chi connectivity index (χ1n) is 10.6. The second-order valence-corrected chi connectivity index (χ2v) is 7.85. The average molecular weight is 447 g/mol. The van der Waals surface area contributed by atoms with Gasteiger partial charge >= 0.3 is 5.97 Å². The fraction of sp³-hybridized carbons (Fsp3) is 0.250. The minimum atomic E-state index is -0.658. The van der Waals surface area contributed by atoms with Crippen molar-refractivity contribution < 1.29 is 19.2 Å². The molecule has 2 aliphatic heterocycles. The van der Waals surface area contributed by atoms with Gasteiger partial charge in [-0.2, -0.15) is 0 Å². The van der Waals surface area contributed by atoms with Crippen LogP contribution < -0.4 is 10.5 Å². The number of amides is 2. The number of benzene rings is 2. The van der Waals surface area contributed by atoms with Crippen LogP contribution in [0.4, 0.5) is 5.69 Å². The van der Waals surface area contributed by atoms with Crippen molar-refractivity contribution in [1.82, 2.24) is 15.5 Å². The van der Waals surface area contributed by atoms with Gasteiger partial charge in [-0.3, -0.25) is 14.6 Å². The molecule has 0 atom stereocenters. The molecule has 33 heavy (non-hydrogen) atoms. The number of rotatable bonds is 4. The average Bonchev–Trinajstić information content (AvgIpc) is 3.16. The van der Waals surface area contributed by atoms with E-state index < -0.39 is 17.8 Å². The zero-order valence-corrected chi connectivity index (χ0v) is 18.5. The number of likely N-dealkylation sites (N-methyl/N-ethyl adjacent to an activating group) is 1. The van der Waals surface area contributed by atoms with Gasteiger partial charge in [0.05, 0.1) is 0 Å². The highest BCUT2D eigenvalue weighted by Crippen LogP contribution is 2.18. The molecule has 0 aromatic heterocycles. The van der Waals surface area contributed by atoms with Crippen LogP contribution in [-0.4, -0.2) is 66.6 Å². The summed E-state index contributed by atoms with van der Waals surface area (Å²) in [5.74, 6) is -1.63. The summed E-state index contributed by atoms with van der Waals surface area (Å²) in [6.45, 7) is 4.27. The number of aryl methyl sites for hydroxylation is 1. The van der Waals surface area contributed by atoms with Gasteiger partial charge < -0.3 is 14.6 Å². The van der Waals surface area contributed by atoms with Crippen molar-refractivity contribution in [2.24, 2.45) is 4.99 Å². The van der Waals surface area contributed by atoms with Crippen molar-refractivity contribution in [2.45, 2.75) is 6.92 Å². The van der Waals surface area contributed by atoms with E-state index in [9.17, 15) is 14.4 Å². The predicted molar refractivity (Wildman–Crippen MR) is 123 cm³/mol. The molecule has 9 heteroatoms. The zero-order chi connectivity index (χ0) is 23.4. The Morgan fingerprint density at radius 3 is 2.27 bits per heavy atom. The first kappa shape index (κ1) is 22.2. The molecule has 2 heterocycles. The van der Waals surface area contributed by atoms with Crippen molar-refractivity contribution in [3.63, 3.8) is 0 Å². The van der Waals surface area contributed by atoms with Gasteiger partial charge in [0.2, 0.25) is 0 Å². The van der Waals surface area contributed by atoms with E-state index in [2.05, 4.69) is 39.7 Å². The van der Waals surface area contributed by atoms with Crippen LogP contribution in [0, 0.1) is 6.92 Å². The maximum atomic E-state index is 13.3. The van der Waals surface area contributed by atoms with E-state index in [1.54, 1.807) is 42.3 Å². The third-order valence-electron chi connectivity index (χ3n) is 5.55. The summed E-state index contributed by atoms with van der Waals surface area (Å²) in [5.41, 5.74) is 5.01. The number of anilines is 1. The molecule has 0 unspecified atom stereocenters. The molecule has 2 aliphatic rings. The number of hydrogen-bond donors (Lipinski definition) is 1. The third kappa shape index (κ3) is 5.09. The van der Waals surface area contributed by atoms with Crippen LogP contribution in [0.5, 0.6) is 0 Å². The lowest BCUT2D eigenvalue weighted by molar-refractivity contribution is -0.142. The predicted octanol–water partition coefficient (Wildman–Crippen LogP) is 1.72. The smallest absolute Gasteiger partial charge is 0.368 e. The highest BCUT2D eigenvalue weighted by Gasteiger charge is 2.29. The van der Waals surface area contributed by atoms with E-state index in [-0.39, 0.29) is 11.4 Å². The van der Waals surface area contributed by atoms with Crippen LogP contribution in [0.2, 0.25) is 0 Å². The minimum absolute atomic E-state index is 0.0845. The molecule has 2 fully saturated rings. The highest BCUT2D eigenvalue weighted by molar-refractivity contribution is 6.45. The van der Waals surface area contributed by atoms with Crippen molar-refractivity contribution >= 4 is 29.2 Å². The summed E-state index contributed by atoms with van der Waals surface area (Å²) in [6.07, 6.45) is 1.29. The van der Waals surface area contributed by atoms with Gasteiger partial charge in [0.15, 0.2) is 0 Å². The number of aliphatic imine (C=N–C) groups is 1. The lowest BCUT2D eigenvalue weighted by Crippen LogP contribution is -2.50. The highest BCUT2D eigenvalue weighted by atomic mass is 16.7. The largest absolute Gasteiger partial charge is 0.376 e. The molecule has 0 bridgehead atoms. The summed E-state index contributed by atoms with van der Waals surface area (Å²) >= 11 is 0. The lowest BCUT2D eigenvalue weighted by atomic mass is 10.1. The Morgan fingerprint density at radius 2 is 1.67 bits per heavy atom. The van der Waals surface area contributed by atoms with Crippen molar-refractivity contribution in [3.8, 4) is 0 Å². The van der Waals surface area contributed by atoms with Gasteiger partial charge in [-0.15, -0.1) is 0 Å². The molecular weight excluding hydrogens is 422 g/mol.